The van der Waals surface area contributed by atoms with E-state index >= 15 is 0 Å². The van der Waals surface area contributed by atoms with Gasteiger partial charge in [-0.1, -0.05) is 12.8 Å². The van der Waals surface area contributed by atoms with Crippen molar-refractivity contribution in [2.75, 3.05) is 0 Å². The number of hydrogen-bond donors (Lipinski definition) is 1. The molecule has 0 fully saturated rings. The molecule has 116 valence electrons. The van der Waals surface area contributed by atoms with Crippen molar-refractivity contribution in [1.82, 2.24) is 0 Å². The molecule has 0 bridgehead atoms. The van der Waals surface area contributed by atoms with Gasteiger partial charge in [-0.25, -0.2) is 0 Å². The summed E-state index contributed by atoms with van der Waals surface area (Å²) in [6.07, 6.45) is 4.10. The molecule has 0 aliphatic heterocycles. The van der Waals surface area contributed by atoms with Crippen LogP contribution < -0.4 is 4.74 Å². The van der Waals surface area contributed by atoms with Crippen molar-refractivity contribution < 1.29 is 19.4 Å². The summed E-state index contributed by atoms with van der Waals surface area (Å²) < 4.78 is 5.53. The van der Waals surface area contributed by atoms with Crippen molar-refractivity contribution in [3.05, 3.63) is 29.8 Å². The second-order valence-electron chi connectivity index (χ2n) is 5.42. The number of ether oxygens (including phenoxy) is 1. The minimum absolute atomic E-state index is 0.123. The van der Waals surface area contributed by atoms with Gasteiger partial charge in [0, 0.05) is 18.4 Å². The minimum atomic E-state index is -0.755. The standard InChI is InChI=1S/C17H24O4/c1-13(2)21-15-11-9-14(10-12-15)16(18)7-5-3-4-6-8-17(19)20/h9-13H,3-8H2,1-2H3,(H,19,20). The smallest absolute Gasteiger partial charge is 0.303 e. The van der Waals surface area contributed by atoms with E-state index in [1.807, 2.05) is 26.0 Å². The van der Waals surface area contributed by atoms with Crippen LogP contribution in [0.3, 0.4) is 0 Å². The summed E-state index contributed by atoms with van der Waals surface area (Å²) in [6, 6.07) is 7.23. The minimum Gasteiger partial charge on any atom is -0.491 e. The Labute approximate surface area is 126 Å². The quantitative estimate of drug-likeness (QED) is 0.521. The molecule has 0 aliphatic carbocycles. The number of aliphatic carboxylic acids is 1. The lowest BCUT2D eigenvalue weighted by atomic mass is 10.0. The molecule has 1 rings (SSSR count). The SMILES string of the molecule is CC(C)Oc1ccc(C(=O)CCCCCCC(=O)O)cc1. The summed E-state index contributed by atoms with van der Waals surface area (Å²) in [5.41, 5.74) is 0.705. The van der Waals surface area contributed by atoms with Gasteiger partial charge in [-0.15, -0.1) is 0 Å². The highest BCUT2D eigenvalue weighted by atomic mass is 16.5. The third-order valence-corrected chi connectivity index (χ3v) is 3.09. The maximum Gasteiger partial charge on any atom is 0.303 e. The van der Waals surface area contributed by atoms with E-state index in [1.54, 1.807) is 12.1 Å². The van der Waals surface area contributed by atoms with E-state index in [9.17, 15) is 9.59 Å². The Morgan fingerprint density at radius 1 is 1.00 bits per heavy atom. The van der Waals surface area contributed by atoms with Crippen LogP contribution in [-0.2, 0) is 4.79 Å². The topological polar surface area (TPSA) is 63.6 Å². The molecule has 0 aromatic heterocycles. The summed E-state index contributed by atoms with van der Waals surface area (Å²) in [5.74, 6) is 0.148. The molecule has 4 heteroatoms. The number of rotatable bonds is 10. The van der Waals surface area contributed by atoms with Crippen molar-refractivity contribution >= 4 is 11.8 Å². The van der Waals surface area contributed by atoms with Gasteiger partial charge in [-0.2, -0.15) is 0 Å². The molecule has 0 amide bonds. The first kappa shape index (κ1) is 17.2. The van der Waals surface area contributed by atoms with E-state index in [2.05, 4.69) is 0 Å². The van der Waals surface area contributed by atoms with Gasteiger partial charge in [0.05, 0.1) is 6.10 Å². The Bertz CT molecular complexity index is 448. The molecule has 1 aromatic rings. The average Bonchev–Trinajstić information content (AvgIpc) is 2.42. The summed E-state index contributed by atoms with van der Waals surface area (Å²) in [4.78, 5) is 22.3. The zero-order valence-corrected chi connectivity index (χ0v) is 12.8. The maximum absolute atomic E-state index is 12.0. The summed E-state index contributed by atoms with van der Waals surface area (Å²) in [5, 5.41) is 8.52. The second-order valence-corrected chi connectivity index (χ2v) is 5.42. The van der Waals surface area contributed by atoms with Crippen molar-refractivity contribution in [2.45, 2.75) is 58.5 Å². The fourth-order valence-electron chi connectivity index (χ4n) is 2.05. The first-order valence-electron chi connectivity index (χ1n) is 7.50. The number of unbranched alkanes of at least 4 members (excludes halogenated alkanes) is 3. The van der Waals surface area contributed by atoms with Crippen LogP contribution in [0.5, 0.6) is 5.75 Å². The van der Waals surface area contributed by atoms with Crippen LogP contribution in [0.4, 0.5) is 0 Å². The molecule has 0 saturated carbocycles. The number of ketones is 1. The van der Waals surface area contributed by atoms with Crippen molar-refractivity contribution in [3.8, 4) is 5.75 Å². The summed E-state index contributed by atoms with van der Waals surface area (Å²) in [7, 11) is 0. The van der Waals surface area contributed by atoms with Gasteiger partial charge >= 0.3 is 5.97 Å². The van der Waals surface area contributed by atoms with Gasteiger partial charge < -0.3 is 9.84 Å². The highest BCUT2D eigenvalue weighted by molar-refractivity contribution is 5.96. The first-order valence-corrected chi connectivity index (χ1v) is 7.50. The average molecular weight is 292 g/mol. The first-order chi connectivity index (χ1) is 9.99. The Morgan fingerprint density at radius 2 is 1.57 bits per heavy atom. The lowest BCUT2D eigenvalue weighted by Gasteiger charge is -2.09. The van der Waals surface area contributed by atoms with E-state index < -0.39 is 5.97 Å². The monoisotopic (exact) mass is 292 g/mol. The van der Waals surface area contributed by atoms with E-state index in [1.165, 1.54) is 0 Å². The van der Waals surface area contributed by atoms with Gasteiger partial charge in [0.25, 0.3) is 0 Å². The van der Waals surface area contributed by atoms with Crippen molar-refractivity contribution in [2.24, 2.45) is 0 Å². The Kier molecular flexibility index (Phi) is 7.51. The van der Waals surface area contributed by atoms with Gasteiger partial charge in [-0.05, 0) is 51.0 Å². The van der Waals surface area contributed by atoms with Crippen LogP contribution in [0, 0.1) is 0 Å². The molecule has 21 heavy (non-hydrogen) atoms. The zero-order chi connectivity index (χ0) is 15.7. The molecular weight excluding hydrogens is 268 g/mol. The van der Waals surface area contributed by atoms with Crippen LogP contribution in [0.2, 0.25) is 0 Å². The van der Waals surface area contributed by atoms with Crippen molar-refractivity contribution in [1.29, 1.82) is 0 Å². The van der Waals surface area contributed by atoms with Crippen molar-refractivity contribution in [3.63, 3.8) is 0 Å². The molecular formula is C17H24O4. The Morgan fingerprint density at radius 3 is 2.10 bits per heavy atom. The fraction of sp³-hybridized carbons (Fsp3) is 0.529. The molecule has 1 N–H and O–H groups in total. The molecule has 0 unspecified atom stereocenters. The van der Waals surface area contributed by atoms with E-state index in [0.29, 0.717) is 18.4 Å². The normalized spacial score (nSPS) is 10.6. The largest absolute Gasteiger partial charge is 0.491 e. The van der Waals surface area contributed by atoms with E-state index in [0.717, 1.165) is 25.0 Å². The van der Waals surface area contributed by atoms with Gasteiger partial charge in [0.1, 0.15) is 5.75 Å². The Hall–Kier alpha value is -1.84. The molecule has 0 atom stereocenters. The van der Waals surface area contributed by atoms with Crippen LogP contribution in [-0.4, -0.2) is 23.0 Å². The highest BCUT2D eigenvalue weighted by Crippen LogP contribution is 2.16. The fourth-order valence-corrected chi connectivity index (χ4v) is 2.05. The van der Waals surface area contributed by atoms with Crippen LogP contribution in [0.1, 0.15) is 62.7 Å². The van der Waals surface area contributed by atoms with Crippen LogP contribution in [0.25, 0.3) is 0 Å². The zero-order valence-electron chi connectivity index (χ0n) is 12.8. The molecule has 1 aromatic carbocycles. The summed E-state index contributed by atoms with van der Waals surface area (Å²) in [6.45, 7) is 3.92. The molecule has 4 nitrogen and oxygen atoms in total. The van der Waals surface area contributed by atoms with Crippen LogP contribution in [0.15, 0.2) is 24.3 Å². The predicted molar refractivity (Wildman–Crippen MR) is 81.9 cm³/mol. The number of carbonyl (C=O) groups excluding carboxylic acids is 1. The van der Waals surface area contributed by atoms with Gasteiger partial charge in [-0.3, -0.25) is 9.59 Å². The second kappa shape index (κ2) is 9.16. The highest BCUT2D eigenvalue weighted by Gasteiger charge is 2.06. The number of Topliss-reactive ketones (excluding diaryl/α,β-unsaturated/α-hetero) is 1. The lowest BCUT2D eigenvalue weighted by Crippen LogP contribution is -2.06. The molecule has 0 radical (unpaired) electrons. The third kappa shape index (κ3) is 7.49. The molecule has 0 spiro atoms. The van der Waals surface area contributed by atoms with Gasteiger partial charge in [0.15, 0.2) is 5.78 Å². The number of hydrogen-bond acceptors (Lipinski definition) is 3. The molecule has 0 saturated heterocycles. The van der Waals surface area contributed by atoms with E-state index in [4.69, 9.17) is 9.84 Å². The maximum atomic E-state index is 12.0. The number of benzene rings is 1. The molecule has 0 heterocycles. The number of carboxylic acids is 1. The Balaban J connectivity index is 2.27. The van der Waals surface area contributed by atoms with Gasteiger partial charge in [0.2, 0.25) is 0 Å². The molecule has 0 aliphatic rings. The number of carbonyl (C=O) groups is 2. The summed E-state index contributed by atoms with van der Waals surface area (Å²) >= 11 is 0. The third-order valence-electron chi connectivity index (χ3n) is 3.09. The predicted octanol–water partition coefficient (Wildman–Crippen LogP) is 4.08. The van der Waals surface area contributed by atoms with Crippen LogP contribution >= 0.6 is 0 Å². The van der Waals surface area contributed by atoms with E-state index in [-0.39, 0.29) is 18.3 Å². The number of carboxylic acid groups (broad SMARTS) is 1. The lowest BCUT2D eigenvalue weighted by molar-refractivity contribution is -0.137.